The van der Waals surface area contributed by atoms with Gasteiger partial charge in [0.2, 0.25) is 0 Å². The third-order valence-corrected chi connectivity index (χ3v) is 5.50. The summed E-state index contributed by atoms with van der Waals surface area (Å²) in [6.45, 7) is 6.44. The number of ether oxygens (including phenoxy) is 1. The first-order chi connectivity index (χ1) is 13.5. The van der Waals surface area contributed by atoms with Gasteiger partial charge in [-0.2, -0.15) is 0 Å². The highest BCUT2D eigenvalue weighted by Gasteiger charge is 2.29. The lowest BCUT2D eigenvalue weighted by atomic mass is 10.0. The summed E-state index contributed by atoms with van der Waals surface area (Å²) in [5.41, 5.74) is 1.52. The summed E-state index contributed by atoms with van der Waals surface area (Å²) in [6.07, 6.45) is 2.76. The number of hydrogen-bond donors (Lipinski definition) is 1. The third kappa shape index (κ3) is 3.92. The fourth-order valence-electron chi connectivity index (χ4n) is 3.70. The number of carbonyl (C=O) groups excluding carboxylic acids is 1. The molecule has 0 saturated carbocycles. The van der Waals surface area contributed by atoms with Gasteiger partial charge in [0.15, 0.2) is 0 Å². The van der Waals surface area contributed by atoms with E-state index in [4.69, 9.17) is 21.3 Å². The molecule has 0 unspecified atom stereocenters. The van der Waals surface area contributed by atoms with Crippen LogP contribution in [0.5, 0.6) is 5.75 Å². The normalized spacial score (nSPS) is 17.4. The molecule has 1 aromatic heterocycles. The van der Waals surface area contributed by atoms with Gasteiger partial charge in [-0.15, -0.1) is 0 Å². The van der Waals surface area contributed by atoms with E-state index in [1.807, 2.05) is 24.3 Å². The average molecular weight is 401 g/mol. The second kappa shape index (κ2) is 7.95. The molecule has 0 atom stereocenters. The summed E-state index contributed by atoms with van der Waals surface area (Å²) in [6, 6.07) is 7.50. The second-order valence-electron chi connectivity index (χ2n) is 7.65. The highest BCUT2D eigenvalue weighted by atomic mass is 35.5. The van der Waals surface area contributed by atoms with Gasteiger partial charge in [-0.1, -0.05) is 25.4 Å². The Morgan fingerprint density at radius 2 is 1.89 bits per heavy atom. The van der Waals surface area contributed by atoms with E-state index in [2.05, 4.69) is 29.0 Å². The van der Waals surface area contributed by atoms with Crippen molar-refractivity contribution in [3.8, 4) is 5.75 Å². The Morgan fingerprint density at radius 1 is 1.18 bits per heavy atom. The minimum Gasteiger partial charge on any atom is -0.490 e. The van der Waals surface area contributed by atoms with Crippen LogP contribution in [0.1, 0.15) is 54.5 Å². The van der Waals surface area contributed by atoms with Gasteiger partial charge in [-0.05, 0) is 30.7 Å². The molecule has 1 aromatic carbocycles. The number of piperidine rings is 1. The molecule has 2 aliphatic rings. The lowest BCUT2D eigenvalue weighted by Gasteiger charge is -2.35. The zero-order valence-electron chi connectivity index (χ0n) is 16.2. The maximum Gasteiger partial charge on any atom is 0.270 e. The monoisotopic (exact) mass is 400 g/mol. The molecule has 1 amide bonds. The van der Waals surface area contributed by atoms with Crippen molar-refractivity contribution >= 4 is 23.3 Å². The van der Waals surface area contributed by atoms with Gasteiger partial charge < -0.3 is 15.0 Å². The Kier molecular flexibility index (Phi) is 5.40. The molecular weight excluding hydrogens is 376 g/mol. The zero-order valence-corrected chi connectivity index (χ0v) is 17.0. The van der Waals surface area contributed by atoms with Gasteiger partial charge in [-0.3, -0.25) is 4.79 Å². The van der Waals surface area contributed by atoms with Crippen molar-refractivity contribution in [1.82, 2.24) is 15.3 Å². The quantitative estimate of drug-likeness (QED) is 0.849. The third-order valence-electron chi connectivity index (χ3n) is 5.25. The number of nitrogens with one attached hydrogen (secondary N) is 1. The number of nitrogens with zero attached hydrogens (tertiary/aromatic N) is 3. The molecule has 1 fully saturated rings. The van der Waals surface area contributed by atoms with Gasteiger partial charge in [0.05, 0.1) is 0 Å². The number of fused-ring (bicyclic) bond motifs is 1. The van der Waals surface area contributed by atoms with Crippen molar-refractivity contribution in [3.63, 3.8) is 0 Å². The molecule has 0 spiro atoms. The number of carbonyl (C=O) groups is 1. The Hall–Kier alpha value is -2.34. The van der Waals surface area contributed by atoms with Crippen LogP contribution in [0.4, 0.5) is 5.82 Å². The first kappa shape index (κ1) is 19.0. The van der Waals surface area contributed by atoms with E-state index in [0.29, 0.717) is 17.3 Å². The Labute approximate surface area is 170 Å². The molecule has 3 heterocycles. The number of benzene rings is 1. The van der Waals surface area contributed by atoms with Gasteiger partial charge >= 0.3 is 0 Å². The molecule has 148 valence electrons. The number of amides is 1. The molecule has 2 aliphatic heterocycles. The van der Waals surface area contributed by atoms with Crippen LogP contribution in [0.3, 0.4) is 0 Å². The number of anilines is 1. The minimum atomic E-state index is -0.0900. The summed E-state index contributed by atoms with van der Waals surface area (Å²) >= 11 is 5.94. The van der Waals surface area contributed by atoms with E-state index in [1.165, 1.54) is 0 Å². The van der Waals surface area contributed by atoms with Gasteiger partial charge in [0.1, 0.15) is 29.2 Å². The maximum atomic E-state index is 12.3. The molecule has 2 aromatic rings. The standard InChI is InChI=1S/C21H25ClN4O2/c1-13(2)19-24-18-17(7-10-23-21(18)27)20(25-19)26-11-8-16(9-12-26)28-15-5-3-14(22)4-6-15/h3-6,13,16H,7-12H2,1-2H3,(H,23,27). The molecule has 0 radical (unpaired) electrons. The molecule has 1 N–H and O–H groups in total. The lowest BCUT2D eigenvalue weighted by Crippen LogP contribution is -2.41. The van der Waals surface area contributed by atoms with Crippen LogP contribution < -0.4 is 15.0 Å². The van der Waals surface area contributed by atoms with Crippen molar-refractivity contribution in [1.29, 1.82) is 0 Å². The van der Waals surface area contributed by atoms with E-state index in [9.17, 15) is 4.79 Å². The van der Waals surface area contributed by atoms with Gasteiger partial charge in [-0.25, -0.2) is 9.97 Å². The summed E-state index contributed by atoms with van der Waals surface area (Å²) in [5.74, 6) is 2.58. The van der Waals surface area contributed by atoms with Crippen LogP contribution in [0.25, 0.3) is 0 Å². The first-order valence-corrected chi connectivity index (χ1v) is 10.2. The summed E-state index contributed by atoms with van der Waals surface area (Å²) in [5, 5.41) is 3.60. The molecule has 7 heteroatoms. The van der Waals surface area contributed by atoms with Crippen molar-refractivity contribution in [3.05, 3.63) is 46.4 Å². The van der Waals surface area contributed by atoms with Crippen LogP contribution >= 0.6 is 11.6 Å². The number of aromatic nitrogens is 2. The largest absolute Gasteiger partial charge is 0.490 e. The molecule has 0 aliphatic carbocycles. The summed E-state index contributed by atoms with van der Waals surface area (Å²) in [7, 11) is 0. The van der Waals surface area contributed by atoms with Crippen molar-refractivity contribution in [2.45, 2.75) is 45.1 Å². The number of rotatable bonds is 4. The fraction of sp³-hybridized carbons (Fsp3) is 0.476. The predicted molar refractivity (Wildman–Crippen MR) is 109 cm³/mol. The van der Waals surface area contributed by atoms with Crippen molar-refractivity contribution in [2.75, 3.05) is 24.5 Å². The lowest BCUT2D eigenvalue weighted by molar-refractivity contribution is 0.0939. The van der Waals surface area contributed by atoms with E-state index in [0.717, 1.165) is 55.3 Å². The molecule has 1 saturated heterocycles. The highest BCUT2D eigenvalue weighted by Crippen LogP contribution is 2.29. The summed E-state index contributed by atoms with van der Waals surface area (Å²) in [4.78, 5) is 24.0. The second-order valence-corrected chi connectivity index (χ2v) is 8.09. The van der Waals surface area contributed by atoms with E-state index in [1.54, 1.807) is 0 Å². The van der Waals surface area contributed by atoms with Crippen molar-refractivity contribution in [2.24, 2.45) is 0 Å². The molecular formula is C21H25ClN4O2. The molecule has 6 nitrogen and oxygen atoms in total. The van der Waals surface area contributed by atoms with E-state index in [-0.39, 0.29) is 17.9 Å². The smallest absolute Gasteiger partial charge is 0.270 e. The van der Waals surface area contributed by atoms with E-state index < -0.39 is 0 Å². The van der Waals surface area contributed by atoms with Crippen molar-refractivity contribution < 1.29 is 9.53 Å². The predicted octanol–water partition coefficient (Wildman–Crippen LogP) is 3.59. The van der Waals surface area contributed by atoms with Crippen LogP contribution in [-0.2, 0) is 6.42 Å². The Balaban J connectivity index is 1.51. The van der Waals surface area contributed by atoms with Gasteiger partial charge in [0, 0.05) is 49.0 Å². The molecule has 28 heavy (non-hydrogen) atoms. The SMILES string of the molecule is CC(C)c1nc2c(c(N3CCC(Oc4ccc(Cl)cc4)CC3)n1)CCNC2=O. The highest BCUT2D eigenvalue weighted by molar-refractivity contribution is 6.30. The van der Waals surface area contributed by atoms with Crippen LogP contribution in [-0.4, -0.2) is 41.6 Å². The molecule has 4 rings (SSSR count). The number of hydrogen-bond acceptors (Lipinski definition) is 5. The zero-order chi connectivity index (χ0) is 19.7. The van der Waals surface area contributed by atoms with Crippen LogP contribution in [0.2, 0.25) is 5.02 Å². The maximum absolute atomic E-state index is 12.3. The van der Waals surface area contributed by atoms with E-state index >= 15 is 0 Å². The minimum absolute atomic E-state index is 0.0900. The van der Waals surface area contributed by atoms with Crippen LogP contribution in [0, 0.1) is 0 Å². The van der Waals surface area contributed by atoms with Gasteiger partial charge in [0.25, 0.3) is 5.91 Å². The topological polar surface area (TPSA) is 67.3 Å². The van der Waals surface area contributed by atoms with Crippen LogP contribution in [0.15, 0.2) is 24.3 Å². The summed E-state index contributed by atoms with van der Waals surface area (Å²) < 4.78 is 6.10. The first-order valence-electron chi connectivity index (χ1n) is 9.87. The number of halogens is 1. The fourth-order valence-corrected chi connectivity index (χ4v) is 3.83. The Morgan fingerprint density at radius 3 is 2.57 bits per heavy atom. The average Bonchev–Trinajstić information content (AvgIpc) is 2.70. The molecule has 0 bridgehead atoms. The Bertz CT molecular complexity index is 861.